The Kier molecular flexibility index (Phi) is 4.30. The summed E-state index contributed by atoms with van der Waals surface area (Å²) in [6.45, 7) is 2.96. The van der Waals surface area contributed by atoms with E-state index in [2.05, 4.69) is 12.2 Å². The van der Waals surface area contributed by atoms with Gasteiger partial charge in [-0.15, -0.1) is 0 Å². The number of ether oxygens (including phenoxy) is 1. The Morgan fingerprint density at radius 1 is 1.26 bits per heavy atom. The van der Waals surface area contributed by atoms with E-state index < -0.39 is 10.8 Å². The van der Waals surface area contributed by atoms with Crippen LogP contribution in [-0.2, 0) is 15.5 Å². The minimum Gasteiger partial charge on any atom is -0.378 e. The third-order valence-corrected chi connectivity index (χ3v) is 6.89. The second-order valence-electron chi connectivity index (χ2n) is 6.46. The molecule has 2 atom stereocenters. The van der Waals surface area contributed by atoms with Crippen molar-refractivity contribution in [3.05, 3.63) is 0 Å². The highest BCUT2D eigenvalue weighted by atomic mass is 32.2. The minimum absolute atomic E-state index is 0.437. The fourth-order valence-electron chi connectivity index (χ4n) is 4.37. The molecular weight excluding hydrogens is 258 g/mol. The van der Waals surface area contributed by atoms with Crippen molar-refractivity contribution in [2.24, 2.45) is 5.41 Å². The van der Waals surface area contributed by atoms with Crippen molar-refractivity contribution in [3.63, 3.8) is 0 Å². The van der Waals surface area contributed by atoms with Crippen molar-refractivity contribution in [2.75, 3.05) is 18.1 Å². The van der Waals surface area contributed by atoms with Crippen LogP contribution in [0, 0.1) is 5.41 Å². The Morgan fingerprint density at radius 3 is 2.58 bits per heavy atom. The molecule has 2 saturated carbocycles. The van der Waals surface area contributed by atoms with Crippen molar-refractivity contribution in [3.8, 4) is 0 Å². The van der Waals surface area contributed by atoms with E-state index in [0.717, 1.165) is 31.0 Å². The van der Waals surface area contributed by atoms with Crippen LogP contribution < -0.4 is 5.32 Å². The Morgan fingerprint density at radius 2 is 1.95 bits per heavy atom. The van der Waals surface area contributed by atoms with E-state index >= 15 is 0 Å². The molecule has 3 aliphatic rings. The number of hydrogen-bond donors (Lipinski definition) is 1. The van der Waals surface area contributed by atoms with Crippen LogP contribution in [0.1, 0.15) is 51.9 Å². The topological polar surface area (TPSA) is 38.3 Å². The zero-order valence-corrected chi connectivity index (χ0v) is 12.8. The first-order chi connectivity index (χ1) is 9.24. The normalized spacial score (nSPS) is 41.3. The zero-order valence-electron chi connectivity index (χ0n) is 12.0. The molecule has 0 aromatic rings. The SMILES string of the molecule is CCOC1CC(NC2CCS(=O)CC2)C12CCCC2. The molecule has 1 N–H and O–H groups in total. The summed E-state index contributed by atoms with van der Waals surface area (Å²) in [6.07, 6.45) is 9.30. The molecule has 2 aliphatic carbocycles. The van der Waals surface area contributed by atoms with Crippen molar-refractivity contribution >= 4 is 10.8 Å². The second kappa shape index (κ2) is 5.82. The van der Waals surface area contributed by atoms with Gasteiger partial charge in [-0.05, 0) is 39.0 Å². The van der Waals surface area contributed by atoms with Gasteiger partial charge in [-0.3, -0.25) is 4.21 Å². The van der Waals surface area contributed by atoms with Gasteiger partial charge in [-0.25, -0.2) is 0 Å². The van der Waals surface area contributed by atoms with Crippen LogP contribution >= 0.6 is 0 Å². The van der Waals surface area contributed by atoms with Gasteiger partial charge in [0, 0.05) is 46.4 Å². The third-order valence-electron chi connectivity index (χ3n) is 5.51. The van der Waals surface area contributed by atoms with Crippen LogP contribution in [0.5, 0.6) is 0 Å². The Labute approximate surface area is 119 Å². The molecule has 4 heteroatoms. The Balaban J connectivity index is 1.57. The summed E-state index contributed by atoms with van der Waals surface area (Å²) in [4.78, 5) is 0. The number of rotatable bonds is 4. The van der Waals surface area contributed by atoms with Gasteiger partial charge in [-0.2, -0.15) is 0 Å². The molecule has 0 aromatic carbocycles. The summed E-state index contributed by atoms with van der Waals surface area (Å²) in [5.74, 6) is 1.79. The van der Waals surface area contributed by atoms with Gasteiger partial charge in [-0.1, -0.05) is 12.8 Å². The standard InChI is InChI=1S/C15H27NO2S/c1-2-18-14-11-13(15(14)7-3-4-8-15)16-12-5-9-19(17)10-6-12/h12-14,16H,2-11H2,1H3. The van der Waals surface area contributed by atoms with Gasteiger partial charge >= 0.3 is 0 Å². The smallest absolute Gasteiger partial charge is 0.0661 e. The third kappa shape index (κ3) is 2.64. The summed E-state index contributed by atoms with van der Waals surface area (Å²) in [7, 11) is -0.545. The number of hydrogen-bond acceptors (Lipinski definition) is 3. The van der Waals surface area contributed by atoms with Crippen LogP contribution in [0.15, 0.2) is 0 Å². The first-order valence-corrected chi connectivity index (χ1v) is 9.46. The second-order valence-corrected chi connectivity index (χ2v) is 8.16. The monoisotopic (exact) mass is 285 g/mol. The first-order valence-electron chi connectivity index (χ1n) is 7.97. The lowest BCUT2D eigenvalue weighted by atomic mass is 9.60. The minimum atomic E-state index is -0.545. The summed E-state index contributed by atoms with van der Waals surface area (Å²) in [5, 5.41) is 3.88. The zero-order chi connectivity index (χ0) is 13.3. The van der Waals surface area contributed by atoms with E-state index in [1.165, 1.54) is 32.1 Å². The highest BCUT2D eigenvalue weighted by Crippen LogP contribution is 2.54. The molecule has 0 bridgehead atoms. The predicted molar refractivity (Wildman–Crippen MR) is 78.8 cm³/mol. The van der Waals surface area contributed by atoms with Gasteiger partial charge in [0.1, 0.15) is 0 Å². The molecule has 0 amide bonds. The highest BCUT2D eigenvalue weighted by molar-refractivity contribution is 7.85. The van der Waals surface area contributed by atoms with E-state index in [-0.39, 0.29) is 0 Å². The summed E-state index contributed by atoms with van der Waals surface area (Å²) in [6, 6.07) is 1.26. The van der Waals surface area contributed by atoms with E-state index in [4.69, 9.17) is 4.74 Å². The summed E-state index contributed by atoms with van der Waals surface area (Å²) in [5.41, 5.74) is 0.437. The fourth-order valence-corrected chi connectivity index (χ4v) is 5.66. The van der Waals surface area contributed by atoms with Crippen molar-refractivity contribution in [1.82, 2.24) is 5.32 Å². The molecule has 2 unspecified atom stereocenters. The van der Waals surface area contributed by atoms with Crippen molar-refractivity contribution < 1.29 is 8.95 Å². The average molecular weight is 285 g/mol. The largest absolute Gasteiger partial charge is 0.378 e. The summed E-state index contributed by atoms with van der Waals surface area (Å²) < 4.78 is 17.4. The quantitative estimate of drug-likeness (QED) is 0.861. The molecule has 3 fully saturated rings. The predicted octanol–water partition coefficient (Wildman–Crippen LogP) is 2.22. The van der Waals surface area contributed by atoms with Crippen molar-refractivity contribution in [2.45, 2.75) is 70.1 Å². The maximum atomic E-state index is 11.4. The van der Waals surface area contributed by atoms with E-state index in [1.807, 2.05) is 0 Å². The Hall–Kier alpha value is 0.0700. The van der Waals surface area contributed by atoms with Crippen LogP contribution in [0.25, 0.3) is 0 Å². The lowest BCUT2D eigenvalue weighted by Gasteiger charge is -2.55. The van der Waals surface area contributed by atoms with E-state index in [0.29, 0.717) is 23.6 Å². The average Bonchev–Trinajstić information content (AvgIpc) is 2.92. The molecule has 19 heavy (non-hydrogen) atoms. The fraction of sp³-hybridized carbons (Fsp3) is 1.00. The molecule has 1 heterocycles. The highest BCUT2D eigenvalue weighted by Gasteiger charge is 2.56. The lowest BCUT2D eigenvalue weighted by molar-refractivity contribution is -0.132. The molecule has 3 nitrogen and oxygen atoms in total. The van der Waals surface area contributed by atoms with Gasteiger partial charge in [0.15, 0.2) is 0 Å². The van der Waals surface area contributed by atoms with Crippen molar-refractivity contribution in [1.29, 1.82) is 0 Å². The lowest BCUT2D eigenvalue weighted by Crippen LogP contribution is -2.64. The maximum absolute atomic E-state index is 11.4. The molecule has 3 rings (SSSR count). The summed E-state index contributed by atoms with van der Waals surface area (Å²) >= 11 is 0. The number of nitrogens with one attached hydrogen (secondary N) is 1. The molecule has 110 valence electrons. The van der Waals surface area contributed by atoms with Gasteiger partial charge in [0.05, 0.1) is 6.10 Å². The van der Waals surface area contributed by atoms with Crippen LogP contribution in [-0.4, -0.2) is 40.5 Å². The van der Waals surface area contributed by atoms with E-state index in [9.17, 15) is 4.21 Å². The first kappa shape index (κ1) is 14.0. The van der Waals surface area contributed by atoms with Crippen LogP contribution in [0.2, 0.25) is 0 Å². The molecule has 1 saturated heterocycles. The molecule has 1 aliphatic heterocycles. The molecular formula is C15H27NO2S. The van der Waals surface area contributed by atoms with Gasteiger partial charge < -0.3 is 10.1 Å². The molecule has 0 aromatic heterocycles. The maximum Gasteiger partial charge on any atom is 0.0661 e. The van der Waals surface area contributed by atoms with Gasteiger partial charge in [0.2, 0.25) is 0 Å². The molecule has 1 spiro atoms. The molecule has 0 radical (unpaired) electrons. The van der Waals surface area contributed by atoms with Crippen LogP contribution in [0.4, 0.5) is 0 Å². The van der Waals surface area contributed by atoms with Crippen LogP contribution in [0.3, 0.4) is 0 Å². The van der Waals surface area contributed by atoms with E-state index in [1.54, 1.807) is 0 Å². The van der Waals surface area contributed by atoms with Gasteiger partial charge in [0.25, 0.3) is 0 Å². The Bertz CT molecular complexity index is 331.